The third-order valence-corrected chi connectivity index (χ3v) is 6.09. The van der Waals surface area contributed by atoms with Crippen LogP contribution in [-0.2, 0) is 6.42 Å². The average molecular weight is 362 g/mol. The van der Waals surface area contributed by atoms with E-state index in [4.69, 9.17) is 5.26 Å². The zero-order valence-electron chi connectivity index (χ0n) is 16.7. The van der Waals surface area contributed by atoms with Crippen molar-refractivity contribution in [1.82, 2.24) is 9.97 Å². The van der Waals surface area contributed by atoms with E-state index < -0.39 is 0 Å². The number of nitriles is 1. The lowest BCUT2D eigenvalue weighted by molar-refractivity contribution is 0.372. The molecule has 1 aliphatic rings. The molecular formula is C24H31N3. The topological polar surface area (TPSA) is 49.6 Å². The zero-order chi connectivity index (χ0) is 19.1. The molecule has 1 atom stereocenters. The van der Waals surface area contributed by atoms with Gasteiger partial charge in [-0.05, 0) is 55.6 Å². The molecule has 1 aromatic carbocycles. The molecule has 1 heterocycles. The van der Waals surface area contributed by atoms with Crippen molar-refractivity contribution in [3.63, 3.8) is 0 Å². The van der Waals surface area contributed by atoms with Crippen LogP contribution in [0, 0.1) is 23.2 Å². The zero-order valence-corrected chi connectivity index (χ0v) is 16.7. The highest BCUT2D eigenvalue weighted by Gasteiger charge is 2.23. The molecule has 142 valence electrons. The van der Waals surface area contributed by atoms with Crippen molar-refractivity contribution >= 4 is 0 Å². The summed E-state index contributed by atoms with van der Waals surface area (Å²) in [5, 5.41) is 9.03. The van der Waals surface area contributed by atoms with Crippen molar-refractivity contribution in [2.24, 2.45) is 11.8 Å². The minimum Gasteiger partial charge on any atom is -0.240 e. The fourth-order valence-electron chi connectivity index (χ4n) is 3.90. The molecule has 3 nitrogen and oxygen atoms in total. The molecule has 1 aliphatic carbocycles. The molecule has 3 rings (SSSR count). The first-order valence-corrected chi connectivity index (χ1v) is 10.5. The minimum absolute atomic E-state index is 0.226. The Labute approximate surface area is 163 Å². The van der Waals surface area contributed by atoms with Gasteiger partial charge in [0.25, 0.3) is 0 Å². The van der Waals surface area contributed by atoms with Gasteiger partial charge in [0, 0.05) is 29.8 Å². The smallest absolute Gasteiger partial charge is 0.131 e. The summed E-state index contributed by atoms with van der Waals surface area (Å²) in [6.07, 6.45) is 12.9. The van der Waals surface area contributed by atoms with E-state index in [2.05, 4.69) is 54.2 Å². The highest BCUT2D eigenvalue weighted by atomic mass is 14.9. The number of nitrogens with zero attached hydrogens (tertiary/aromatic N) is 3. The number of benzene rings is 1. The van der Waals surface area contributed by atoms with Crippen LogP contribution in [0.25, 0.3) is 11.1 Å². The van der Waals surface area contributed by atoms with Crippen LogP contribution in [-0.4, -0.2) is 9.97 Å². The third kappa shape index (κ3) is 5.39. The Morgan fingerprint density at radius 3 is 2.30 bits per heavy atom. The Balaban J connectivity index is 1.56. The minimum atomic E-state index is 0.226. The average Bonchev–Trinajstić information content (AvgIpc) is 2.74. The first-order chi connectivity index (χ1) is 13.2. The number of hydrogen-bond donors (Lipinski definition) is 0. The molecule has 3 heteroatoms. The van der Waals surface area contributed by atoms with Crippen molar-refractivity contribution in [1.29, 1.82) is 5.26 Å². The quantitative estimate of drug-likeness (QED) is 0.580. The lowest BCUT2D eigenvalue weighted by atomic mass is 9.82. The summed E-state index contributed by atoms with van der Waals surface area (Å²) in [5.41, 5.74) is 3.67. The maximum atomic E-state index is 9.03. The first-order valence-electron chi connectivity index (χ1n) is 10.5. The molecule has 0 spiro atoms. The summed E-state index contributed by atoms with van der Waals surface area (Å²) in [4.78, 5) is 9.27. The molecule has 2 aromatic rings. The Bertz CT molecular complexity index is 735. The van der Waals surface area contributed by atoms with E-state index in [9.17, 15) is 0 Å². The van der Waals surface area contributed by atoms with E-state index in [-0.39, 0.29) is 5.92 Å². The van der Waals surface area contributed by atoms with Crippen LogP contribution in [0.2, 0.25) is 0 Å². The van der Waals surface area contributed by atoms with Crippen molar-refractivity contribution in [2.75, 3.05) is 0 Å². The normalized spacial score (nSPS) is 20.8. The number of rotatable bonds is 7. The third-order valence-electron chi connectivity index (χ3n) is 6.09. The Morgan fingerprint density at radius 1 is 1.04 bits per heavy atom. The van der Waals surface area contributed by atoms with Gasteiger partial charge in [-0.25, -0.2) is 9.97 Å². The maximum Gasteiger partial charge on any atom is 0.131 e. The maximum absolute atomic E-state index is 9.03. The predicted molar refractivity (Wildman–Crippen MR) is 110 cm³/mol. The van der Waals surface area contributed by atoms with Gasteiger partial charge >= 0.3 is 0 Å². The second kappa shape index (κ2) is 9.65. The van der Waals surface area contributed by atoms with E-state index in [0.717, 1.165) is 49.4 Å². The summed E-state index contributed by atoms with van der Waals surface area (Å²) >= 11 is 0. The lowest BCUT2D eigenvalue weighted by Crippen LogP contribution is -2.14. The second-order valence-corrected chi connectivity index (χ2v) is 8.11. The van der Waals surface area contributed by atoms with E-state index in [1.807, 2.05) is 12.4 Å². The second-order valence-electron chi connectivity index (χ2n) is 8.11. The van der Waals surface area contributed by atoms with E-state index in [0.29, 0.717) is 5.92 Å². The van der Waals surface area contributed by atoms with Crippen LogP contribution in [0.4, 0.5) is 0 Å². The molecule has 1 fully saturated rings. The summed E-state index contributed by atoms with van der Waals surface area (Å²) in [6.45, 7) is 4.60. The summed E-state index contributed by atoms with van der Waals surface area (Å²) in [6, 6.07) is 11.2. The fraction of sp³-hybridized carbons (Fsp3) is 0.542. The van der Waals surface area contributed by atoms with Gasteiger partial charge in [-0.2, -0.15) is 5.26 Å². The molecule has 0 amide bonds. The molecule has 1 aromatic heterocycles. The SMILES string of the molecule is CCC(C)CCCc1ccc(-c2cnc([C@H]3CC[C@H](C#N)CC3)nc2)cc1. The van der Waals surface area contributed by atoms with Crippen LogP contribution in [0.1, 0.15) is 76.1 Å². The lowest BCUT2D eigenvalue weighted by Gasteiger charge is -2.23. The van der Waals surface area contributed by atoms with Crippen LogP contribution < -0.4 is 0 Å². The first kappa shape index (κ1) is 19.5. The van der Waals surface area contributed by atoms with Gasteiger partial charge in [0.2, 0.25) is 0 Å². The van der Waals surface area contributed by atoms with Crippen molar-refractivity contribution < 1.29 is 0 Å². The van der Waals surface area contributed by atoms with Crippen LogP contribution in [0.15, 0.2) is 36.7 Å². The molecule has 0 aliphatic heterocycles. The van der Waals surface area contributed by atoms with Gasteiger partial charge in [0.05, 0.1) is 6.07 Å². The summed E-state index contributed by atoms with van der Waals surface area (Å²) < 4.78 is 0. The van der Waals surface area contributed by atoms with E-state index in [1.54, 1.807) is 0 Å². The van der Waals surface area contributed by atoms with Crippen LogP contribution in [0.3, 0.4) is 0 Å². The van der Waals surface area contributed by atoms with Gasteiger partial charge in [-0.1, -0.05) is 51.0 Å². The summed E-state index contributed by atoms with van der Waals surface area (Å²) in [7, 11) is 0. The molecule has 0 saturated heterocycles. The molecule has 1 unspecified atom stereocenters. The van der Waals surface area contributed by atoms with Crippen LogP contribution in [0.5, 0.6) is 0 Å². The highest BCUT2D eigenvalue weighted by molar-refractivity contribution is 5.61. The number of aromatic nitrogens is 2. The predicted octanol–water partition coefficient (Wildman–Crippen LogP) is 6.31. The van der Waals surface area contributed by atoms with E-state index in [1.165, 1.54) is 30.4 Å². The van der Waals surface area contributed by atoms with Crippen LogP contribution >= 0.6 is 0 Å². The monoisotopic (exact) mass is 361 g/mol. The summed E-state index contributed by atoms with van der Waals surface area (Å²) in [5.74, 6) is 2.41. The molecule has 0 radical (unpaired) electrons. The van der Waals surface area contributed by atoms with Gasteiger partial charge in [-0.15, -0.1) is 0 Å². The van der Waals surface area contributed by atoms with Crippen molar-refractivity contribution in [3.05, 3.63) is 48.0 Å². The molecule has 27 heavy (non-hydrogen) atoms. The highest BCUT2D eigenvalue weighted by Crippen LogP contribution is 2.34. The van der Waals surface area contributed by atoms with Crippen molar-refractivity contribution in [2.45, 2.75) is 71.1 Å². The Kier molecular flexibility index (Phi) is 6.98. The Hall–Kier alpha value is -2.21. The van der Waals surface area contributed by atoms with Gasteiger partial charge in [0.15, 0.2) is 0 Å². The largest absolute Gasteiger partial charge is 0.240 e. The van der Waals surface area contributed by atoms with Gasteiger partial charge < -0.3 is 0 Å². The molecule has 0 N–H and O–H groups in total. The standard InChI is InChI=1S/C24H31N3/c1-3-18(2)5-4-6-19-7-11-21(12-8-19)23-16-26-24(27-17-23)22-13-9-20(15-25)10-14-22/h7-8,11-12,16-18,20,22H,3-6,9-10,13-14H2,1-2H3/t18?,20-,22-. The van der Waals surface area contributed by atoms with Gasteiger partial charge in [-0.3, -0.25) is 0 Å². The molecular weight excluding hydrogens is 330 g/mol. The van der Waals surface area contributed by atoms with E-state index >= 15 is 0 Å². The Morgan fingerprint density at radius 2 is 1.70 bits per heavy atom. The fourth-order valence-corrected chi connectivity index (χ4v) is 3.90. The number of aryl methyl sites for hydroxylation is 1. The number of hydrogen-bond acceptors (Lipinski definition) is 3. The van der Waals surface area contributed by atoms with Crippen molar-refractivity contribution in [3.8, 4) is 17.2 Å². The van der Waals surface area contributed by atoms with Gasteiger partial charge in [0.1, 0.15) is 5.82 Å². The molecule has 0 bridgehead atoms. The molecule has 1 saturated carbocycles.